The molecule has 0 atom stereocenters. The van der Waals surface area contributed by atoms with Crippen molar-refractivity contribution in [2.75, 3.05) is 0 Å². The van der Waals surface area contributed by atoms with Crippen molar-refractivity contribution >= 4 is 11.0 Å². The van der Waals surface area contributed by atoms with Gasteiger partial charge in [-0.3, -0.25) is 9.97 Å². The first-order valence-corrected chi connectivity index (χ1v) is 12.3. The maximum absolute atomic E-state index is 4.99. The number of hydrogen-bond donors (Lipinski definition) is 0. The van der Waals surface area contributed by atoms with Gasteiger partial charge in [0.25, 0.3) is 0 Å². The van der Waals surface area contributed by atoms with E-state index in [1.165, 1.54) is 0 Å². The second kappa shape index (κ2) is 12.1. The number of rotatable bonds is 3. The molecule has 191 valence electrons. The summed E-state index contributed by atoms with van der Waals surface area (Å²) >= 11 is 0. The van der Waals surface area contributed by atoms with Crippen LogP contribution in [0.3, 0.4) is 0 Å². The second-order valence-corrected chi connectivity index (χ2v) is 9.65. The van der Waals surface area contributed by atoms with Gasteiger partial charge in [-0.15, -0.1) is 71.8 Å². The van der Waals surface area contributed by atoms with Crippen LogP contribution in [0.25, 0.3) is 39.4 Å². The van der Waals surface area contributed by atoms with Crippen LogP contribution in [-0.4, -0.2) is 19.5 Å². The largest absolute Gasteiger partial charge is 0.333 e. The molecule has 0 amide bonds. The topological polar surface area (TPSA) is 43.6 Å². The zero-order valence-electron chi connectivity index (χ0n) is 21.6. The number of para-hydroxylation sites is 1. The van der Waals surface area contributed by atoms with Crippen LogP contribution >= 0.6 is 0 Å². The number of benzene rings is 3. The SMILES string of the molecule is CC(C)(C)c1nccc2c1nc(-c1[c-]cccc1)n2-c1ccccc1.[Ir].[c-]1ccccc1-c1ccccn1. The van der Waals surface area contributed by atoms with E-state index in [4.69, 9.17) is 4.98 Å². The Kier molecular flexibility index (Phi) is 8.62. The van der Waals surface area contributed by atoms with Crippen LogP contribution in [0.5, 0.6) is 0 Å². The third kappa shape index (κ3) is 5.96. The Labute approximate surface area is 237 Å². The van der Waals surface area contributed by atoms with Crippen molar-refractivity contribution in [3.05, 3.63) is 133 Å². The van der Waals surface area contributed by atoms with E-state index in [0.29, 0.717) is 0 Å². The molecule has 4 nitrogen and oxygen atoms in total. The van der Waals surface area contributed by atoms with Crippen molar-refractivity contribution in [3.8, 4) is 28.3 Å². The summed E-state index contributed by atoms with van der Waals surface area (Å²) in [5.74, 6) is 0.889. The number of fused-ring (bicyclic) bond motifs is 1. The van der Waals surface area contributed by atoms with Crippen LogP contribution in [-0.2, 0) is 25.5 Å². The standard InChI is InChI=1S/C22H20N3.C11H8N.Ir/c1-22(2,3)20-19-18(14-15-23-20)25(17-12-8-5-9-13-17)21(24-19)16-10-6-4-7-11-16;1-2-6-10(7-3-1)11-8-4-5-9-12-11;/h4-10,12-15H,1-3H3;1-6,8-9H;/q2*-1;. The zero-order chi connectivity index (χ0) is 25.7. The van der Waals surface area contributed by atoms with Crippen LogP contribution in [0.4, 0.5) is 0 Å². The number of pyridine rings is 2. The minimum absolute atomic E-state index is 0. The molecule has 38 heavy (non-hydrogen) atoms. The molecule has 0 unspecified atom stereocenters. The molecule has 6 rings (SSSR count). The van der Waals surface area contributed by atoms with Gasteiger partial charge in [0.05, 0.1) is 22.6 Å². The van der Waals surface area contributed by atoms with Crippen molar-refractivity contribution in [1.29, 1.82) is 0 Å². The molecule has 0 fully saturated rings. The van der Waals surface area contributed by atoms with E-state index >= 15 is 0 Å². The van der Waals surface area contributed by atoms with E-state index in [-0.39, 0.29) is 25.5 Å². The minimum atomic E-state index is -0.0763. The molecule has 0 aliphatic heterocycles. The number of hydrogen-bond acceptors (Lipinski definition) is 3. The first-order chi connectivity index (χ1) is 18.0. The Balaban J connectivity index is 0.000000218. The predicted octanol–water partition coefficient (Wildman–Crippen LogP) is 7.73. The van der Waals surface area contributed by atoms with E-state index in [9.17, 15) is 0 Å². The fourth-order valence-corrected chi connectivity index (χ4v) is 4.18. The first-order valence-electron chi connectivity index (χ1n) is 12.3. The summed E-state index contributed by atoms with van der Waals surface area (Å²) in [6.07, 6.45) is 3.67. The van der Waals surface area contributed by atoms with Gasteiger partial charge in [0.15, 0.2) is 0 Å². The summed E-state index contributed by atoms with van der Waals surface area (Å²) in [5, 5.41) is 0. The van der Waals surface area contributed by atoms with Gasteiger partial charge >= 0.3 is 0 Å². The van der Waals surface area contributed by atoms with Gasteiger partial charge < -0.3 is 9.55 Å². The van der Waals surface area contributed by atoms with Crippen molar-refractivity contribution in [2.45, 2.75) is 26.2 Å². The van der Waals surface area contributed by atoms with Gasteiger partial charge in [-0.05, 0) is 30.0 Å². The van der Waals surface area contributed by atoms with Crippen LogP contribution in [0, 0.1) is 12.1 Å². The van der Waals surface area contributed by atoms with Gasteiger partial charge in [-0.1, -0.05) is 51.1 Å². The second-order valence-electron chi connectivity index (χ2n) is 9.65. The molecule has 0 N–H and O–H groups in total. The molecule has 6 aromatic rings. The van der Waals surface area contributed by atoms with Crippen LogP contribution < -0.4 is 0 Å². The van der Waals surface area contributed by atoms with E-state index in [1.54, 1.807) is 6.20 Å². The number of nitrogens with zero attached hydrogens (tertiary/aromatic N) is 4. The maximum atomic E-state index is 4.99. The normalized spacial score (nSPS) is 10.8. The fraction of sp³-hybridized carbons (Fsp3) is 0.121. The molecule has 0 saturated carbocycles. The van der Waals surface area contributed by atoms with E-state index in [1.807, 2.05) is 97.2 Å². The monoisotopic (exact) mass is 673 g/mol. The molecule has 3 aromatic carbocycles. The van der Waals surface area contributed by atoms with E-state index in [0.717, 1.165) is 45.1 Å². The molecular formula is C33H28IrN4-2. The molecule has 5 heteroatoms. The molecule has 3 aromatic heterocycles. The summed E-state index contributed by atoms with van der Waals surface area (Å²) in [7, 11) is 0. The van der Waals surface area contributed by atoms with Crippen molar-refractivity contribution < 1.29 is 20.1 Å². The fourth-order valence-electron chi connectivity index (χ4n) is 4.18. The minimum Gasteiger partial charge on any atom is -0.333 e. The summed E-state index contributed by atoms with van der Waals surface area (Å²) < 4.78 is 2.19. The molecule has 0 bridgehead atoms. The molecule has 0 saturated heterocycles. The molecule has 0 aliphatic carbocycles. The van der Waals surface area contributed by atoms with Crippen molar-refractivity contribution in [3.63, 3.8) is 0 Å². The van der Waals surface area contributed by atoms with Crippen LogP contribution in [0.15, 0.2) is 116 Å². The third-order valence-corrected chi connectivity index (χ3v) is 5.90. The average molecular weight is 673 g/mol. The van der Waals surface area contributed by atoms with Gasteiger partial charge in [0.2, 0.25) is 0 Å². The maximum Gasteiger partial charge on any atom is 0.0995 e. The summed E-state index contributed by atoms with van der Waals surface area (Å²) in [6, 6.07) is 40.5. The molecule has 0 aliphatic rings. The Morgan fingerprint density at radius 3 is 1.92 bits per heavy atom. The summed E-state index contributed by atoms with van der Waals surface area (Å²) in [6.45, 7) is 6.51. The molecule has 0 spiro atoms. The van der Waals surface area contributed by atoms with Gasteiger partial charge in [0.1, 0.15) is 0 Å². The zero-order valence-corrected chi connectivity index (χ0v) is 24.0. The summed E-state index contributed by atoms with van der Waals surface area (Å²) in [4.78, 5) is 13.8. The Bertz CT molecular complexity index is 1540. The summed E-state index contributed by atoms with van der Waals surface area (Å²) in [5.41, 5.74) is 7.02. The average Bonchev–Trinajstić information content (AvgIpc) is 3.35. The third-order valence-electron chi connectivity index (χ3n) is 5.90. The Hall–Kier alpha value is -3.92. The molecular weight excluding hydrogens is 645 g/mol. The van der Waals surface area contributed by atoms with Crippen LogP contribution in [0.1, 0.15) is 26.5 Å². The van der Waals surface area contributed by atoms with Gasteiger partial charge in [-0.2, -0.15) is 0 Å². The number of imidazole rings is 1. The van der Waals surface area contributed by atoms with Crippen molar-refractivity contribution in [2.24, 2.45) is 0 Å². The Morgan fingerprint density at radius 1 is 0.658 bits per heavy atom. The Morgan fingerprint density at radius 2 is 1.32 bits per heavy atom. The van der Waals surface area contributed by atoms with E-state index in [2.05, 4.69) is 59.6 Å². The first kappa shape index (κ1) is 27.1. The van der Waals surface area contributed by atoms with Gasteiger partial charge in [-0.25, -0.2) is 0 Å². The number of aromatic nitrogens is 4. The van der Waals surface area contributed by atoms with Crippen LogP contribution in [0.2, 0.25) is 0 Å². The molecule has 1 radical (unpaired) electrons. The predicted molar refractivity (Wildman–Crippen MR) is 150 cm³/mol. The quantitative estimate of drug-likeness (QED) is 0.181. The smallest absolute Gasteiger partial charge is 0.0995 e. The molecule has 3 heterocycles. The van der Waals surface area contributed by atoms with Crippen molar-refractivity contribution in [1.82, 2.24) is 19.5 Å². The van der Waals surface area contributed by atoms with E-state index < -0.39 is 0 Å². The van der Waals surface area contributed by atoms with Gasteiger partial charge in [0, 0.05) is 43.6 Å².